The monoisotopic (exact) mass is 586 g/mol. The van der Waals surface area contributed by atoms with E-state index in [2.05, 4.69) is 51.7 Å². The zero-order valence-electron chi connectivity index (χ0n) is 25.3. The van der Waals surface area contributed by atoms with Crippen molar-refractivity contribution in [2.24, 2.45) is 17.0 Å². The molecule has 0 aliphatic carbocycles. The second-order valence-corrected chi connectivity index (χ2v) is 10.3. The van der Waals surface area contributed by atoms with Crippen LogP contribution in [0.2, 0.25) is 0 Å². The molecule has 0 fully saturated rings. The fraction of sp³-hybridized carbons (Fsp3) is 0.633. The minimum absolute atomic E-state index is 0.0131. The van der Waals surface area contributed by atoms with Gasteiger partial charge in [-0.15, -0.1) is 0 Å². The van der Waals surface area contributed by atoms with Crippen molar-refractivity contribution in [3.05, 3.63) is 40.3 Å². The van der Waals surface area contributed by atoms with E-state index >= 15 is 0 Å². The highest BCUT2D eigenvalue weighted by atomic mass is 16.6. The molecule has 3 N–H and O–H groups in total. The van der Waals surface area contributed by atoms with Gasteiger partial charge in [0.15, 0.2) is 6.23 Å². The molecule has 0 aliphatic heterocycles. The maximum atomic E-state index is 12.5. The third-order valence-electron chi connectivity index (χ3n) is 5.62. The lowest BCUT2D eigenvalue weighted by Crippen LogP contribution is -2.34. The lowest BCUT2D eigenvalue weighted by atomic mass is 10.0. The average Bonchev–Trinajstić information content (AvgIpc) is 2.95. The summed E-state index contributed by atoms with van der Waals surface area (Å²) in [5, 5.41) is 11.8. The number of unbranched alkanes of at least 4 members (excludes halogenated alkanes) is 2. The Kier molecular flexibility index (Phi) is 19.7. The molecule has 0 radical (unpaired) electrons. The number of ether oxygens (including phenoxy) is 3. The van der Waals surface area contributed by atoms with Gasteiger partial charge >= 0.3 is 0 Å². The van der Waals surface area contributed by atoms with Crippen LogP contribution >= 0.6 is 0 Å². The van der Waals surface area contributed by atoms with Crippen molar-refractivity contribution in [3.63, 3.8) is 0 Å². The van der Waals surface area contributed by atoms with Gasteiger partial charge in [0.1, 0.15) is 19.0 Å². The molecule has 1 aromatic rings. The number of nitrogens with one attached hydrogen (secondary N) is 3. The van der Waals surface area contributed by atoms with Crippen molar-refractivity contribution in [2.75, 3.05) is 46.1 Å². The zero-order chi connectivity index (χ0) is 31.0. The second kappa shape index (κ2) is 22.9. The summed E-state index contributed by atoms with van der Waals surface area (Å²) in [7, 11) is 0. The van der Waals surface area contributed by atoms with Gasteiger partial charge in [-0.25, -0.2) is 0 Å². The quantitative estimate of drug-likeness (QED) is 0.0649. The van der Waals surface area contributed by atoms with E-state index in [4.69, 9.17) is 19.7 Å². The van der Waals surface area contributed by atoms with Crippen molar-refractivity contribution >= 4 is 17.7 Å². The van der Waals surface area contributed by atoms with Crippen LogP contribution in [-0.4, -0.2) is 70.0 Å². The number of hydrogen-bond donors (Lipinski definition) is 3. The van der Waals surface area contributed by atoms with E-state index in [1.54, 1.807) is 24.3 Å². The summed E-state index contributed by atoms with van der Waals surface area (Å²) in [5.74, 6) is 6.50. The molecule has 1 rings (SSSR count). The minimum atomic E-state index is -0.935. The lowest BCUT2D eigenvalue weighted by Gasteiger charge is -2.14. The second-order valence-electron chi connectivity index (χ2n) is 10.3. The zero-order valence-corrected chi connectivity index (χ0v) is 25.3. The molecule has 0 spiro atoms. The molecule has 0 bridgehead atoms. The standard InChI is InChI=1S/C30H46N6O6/c1-23(2)10-6-5-7-14-27(37)33-16-17-34-30(39)25-12-8-13-26(20-25)42-22-29(35-36-31)41-19-18-40-21-28(38)32-15-9-11-24(3)4/h8,12-13,20,23-24,29H,5-7,10,14-19,21-22H2,1-4H3,(H,32,38)(H,33,37)(H,34,39). The maximum Gasteiger partial charge on any atom is 0.251 e. The van der Waals surface area contributed by atoms with Gasteiger partial charge in [-0.2, -0.15) is 0 Å². The number of hydrogen-bond acceptors (Lipinski definition) is 7. The maximum absolute atomic E-state index is 12.5. The number of benzene rings is 1. The Bertz CT molecular complexity index is 1060. The van der Waals surface area contributed by atoms with Crippen LogP contribution in [0.25, 0.3) is 10.4 Å². The van der Waals surface area contributed by atoms with Crippen molar-refractivity contribution < 1.29 is 28.6 Å². The van der Waals surface area contributed by atoms with E-state index < -0.39 is 6.23 Å². The van der Waals surface area contributed by atoms with Gasteiger partial charge in [-0.05, 0) is 36.1 Å². The van der Waals surface area contributed by atoms with Crippen LogP contribution in [0.15, 0.2) is 29.4 Å². The SMILES string of the molecule is CC(C)C#CCNC(=O)COCCOC(COc1cccc(C(=O)NCCNC(=O)CCCCCC(C)C)c1)N=[N+]=[N-]. The van der Waals surface area contributed by atoms with Crippen LogP contribution in [-0.2, 0) is 19.1 Å². The Morgan fingerprint density at radius 2 is 1.79 bits per heavy atom. The molecule has 12 nitrogen and oxygen atoms in total. The molecule has 3 amide bonds. The summed E-state index contributed by atoms with van der Waals surface area (Å²) in [5.41, 5.74) is 9.21. The molecule has 232 valence electrons. The van der Waals surface area contributed by atoms with Crippen LogP contribution in [0, 0.1) is 23.7 Å². The van der Waals surface area contributed by atoms with Gasteiger partial charge in [-0.1, -0.05) is 70.0 Å². The summed E-state index contributed by atoms with van der Waals surface area (Å²) in [6.45, 7) is 9.17. The molecule has 42 heavy (non-hydrogen) atoms. The predicted molar refractivity (Wildman–Crippen MR) is 161 cm³/mol. The lowest BCUT2D eigenvalue weighted by molar-refractivity contribution is -0.126. The van der Waals surface area contributed by atoms with Gasteiger partial charge in [0, 0.05) is 35.9 Å². The Balaban J connectivity index is 2.31. The number of azide groups is 1. The Labute approximate surface area is 249 Å². The van der Waals surface area contributed by atoms with E-state index in [1.807, 2.05) is 13.8 Å². The van der Waals surface area contributed by atoms with Gasteiger partial charge in [0.25, 0.3) is 5.91 Å². The topological polar surface area (TPSA) is 164 Å². The van der Waals surface area contributed by atoms with Crippen LogP contribution in [0.5, 0.6) is 5.75 Å². The van der Waals surface area contributed by atoms with Crippen LogP contribution < -0.4 is 20.7 Å². The third-order valence-corrected chi connectivity index (χ3v) is 5.62. The smallest absolute Gasteiger partial charge is 0.251 e. The molecule has 12 heteroatoms. The van der Waals surface area contributed by atoms with E-state index in [9.17, 15) is 14.4 Å². The molecule has 0 heterocycles. The van der Waals surface area contributed by atoms with Gasteiger partial charge < -0.3 is 30.2 Å². The largest absolute Gasteiger partial charge is 0.491 e. The highest BCUT2D eigenvalue weighted by molar-refractivity contribution is 5.94. The van der Waals surface area contributed by atoms with Crippen molar-refractivity contribution in [2.45, 2.75) is 66.0 Å². The number of nitrogens with zero attached hydrogens (tertiary/aromatic N) is 3. The van der Waals surface area contributed by atoms with E-state index in [1.165, 1.54) is 6.42 Å². The van der Waals surface area contributed by atoms with Gasteiger partial charge in [0.05, 0.1) is 19.8 Å². The van der Waals surface area contributed by atoms with E-state index in [0.717, 1.165) is 19.3 Å². The summed E-state index contributed by atoms with van der Waals surface area (Å²) in [4.78, 5) is 38.9. The Morgan fingerprint density at radius 1 is 1.00 bits per heavy atom. The molecule has 1 unspecified atom stereocenters. The fourth-order valence-corrected chi connectivity index (χ4v) is 3.51. The molecule has 0 aromatic heterocycles. The fourth-order valence-electron chi connectivity index (χ4n) is 3.51. The third kappa shape index (κ3) is 19.3. The first-order valence-corrected chi connectivity index (χ1v) is 14.5. The molecule has 0 saturated heterocycles. The number of amides is 3. The van der Waals surface area contributed by atoms with Crippen molar-refractivity contribution in [3.8, 4) is 17.6 Å². The summed E-state index contributed by atoms with van der Waals surface area (Å²) in [6, 6.07) is 6.54. The predicted octanol–water partition coefficient (Wildman–Crippen LogP) is 3.96. The first kappa shape index (κ1) is 36.2. The number of rotatable bonds is 21. The van der Waals surface area contributed by atoms with E-state index in [-0.39, 0.29) is 56.6 Å². The van der Waals surface area contributed by atoms with Crippen LogP contribution in [0.3, 0.4) is 0 Å². The highest BCUT2D eigenvalue weighted by Gasteiger charge is 2.11. The summed E-state index contributed by atoms with van der Waals surface area (Å²) in [6.07, 6.45) is 3.77. The Morgan fingerprint density at radius 3 is 2.52 bits per heavy atom. The van der Waals surface area contributed by atoms with E-state index in [0.29, 0.717) is 36.7 Å². The molecule has 0 aliphatic rings. The molecule has 0 saturated carbocycles. The first-order valence-electron chi connectivity index (χ1n) is 14.5. The molecular formula is C30H46N6O6. The summed E-state index contributed by atoms with van der Waals surface area (Å²) >= 11 is 0. The number of carbonyl (C=O) groups excluding carboxylic acids is 3. The Hall–Kier alpha value is -3.78. The minimum Gasteiger partial charge on any atom is -0.491 e. The highest BCUT2D eigenvalue weighted by Crippen LogP contribution is 2.14. The van der Waals surface area contributed by atoms with Crippen LogP contribution in [0.1, 0.15) is 70.2 Å². The molecular weight excluding hydrogens is 540 g/mol. The van der Waals surface area contributed by atoms with Gasteiger partial charge in [-0.3, -0.25) is 14.4 Å². The molecule has 1 atom stereocenters. The number of carbonyl (C=O) groups is 3. The molecule has 1 aromatic carbocycles. The first-order chi connectivity index (χ1) is 20.2. The average molecular weight is 587 g/mol. The summed E-state index contributed by atoms with van der Waals surface area (Å²) < 4.78 is 16.4. The normalized spacial score (nSPS) is 11.2. The van der Waals surface area contributed by atoms with Gasteiger partial charge in [0.2, 0.25) is 11.8 Å². The van der Waals surface area contributed by atoms with Crippen molar-refractivity contribution in [1.29, 1.82) is 0 Å². The van der Waals surface area contributed by atoms with Crippen molar-refractivity contribution in [1.82, 2.24) is 16.0 Å². The van der Waals surface area contributed by atoms with Crippen LogP contribution in [0.4, 0.5) is 0 Å².